The van der Waals surface area contributed by atoms with Crippen LogP contribution >= 0.6 is 11.6 Å². The van der Waals surface area contributed by atoms with E-state index in [0.29, 0.717) is 34.6 Å². The summed E-state index contributed by atoms with van der Waals surface area (Å²) in [7, 11) is 0. The number of aromatic hydroxyl groups is 1. The monoisotopic (exact) mass is 467 g/mol. The number of carbonyl (C=O) groups is 1. The van der Waals surface area contributed by atoms with Crippen molar-refractivity contribution in [2.75, 3.05) is 42.5 Å². The lowest BCUT2D eigenvalue weighted by Crippen LogP contribution is -2.55. The number of benzene rings is 2. The first-order valence-corrected chi connectivity index (χ1v) is 11.6. The van der Waals surface area contributed by atoms with Crippen LogP contribution in [-0.2, 0) is 11.2 Å². The van der Waals surface area contributed by atoms with Crippen molar-refractivity contribution in [3.63, 3.8) is 0 Å². The third-order valence-electron chi connectivity index (χ3n) is 6.71. The average molecular weight is 468 g/mol. The minimum atomic E-state index is -0.505. The maximum Gasteiger partial charge on any atom is 0.360 e. The Kier molecular flexibility index (Phi) is 5.76. The van der Waals surface area contributed by atoms with E-state index in [-0.39, 0.29) is 17.7 Å². The van der Waals surface area contributed by atoms with E-state index in [0.717, 1.165) is 43.9 Å². The number of fused-ring (bicyclic) bond motifs is 3. The summed E-state index contributed by atoms with van der Waals surface area (Å²) in [5, 5.41) is 11.3. The SMILES string of the molecule is CC(C(=O)N1CCCc2c1c(=O)oc1ccc(O)cc21)N1CCN(c2cccc(Cl)c2)CC1. The van der Waals surface area contributed by atoms with Crippen molar-refractivity contribution < 1.29 is 14.3 Å². The molecule has 2 aliphatic rings. The summed E-state index contributed by atoms with van der Waals surface area (Å²) in [5.74, 6) is 0.00639. The van der Waals surface area contributed by atoms with Gasteiger partial charge in [0.25, 0.3) is 0 Å². The van der Waals surface area contributed by atoms with Gasteiger partial charge >= 0.3 is 5.63 Å². The molecule has 1 fully saturated rings. The highest BCUT2D eigenvalue weighted by atomic mass is 35.5. The van der Waals surface area contributed by atoms with Crippen molar-refractivity contribution in [2.45, 2.75) is 25.8 Å². The Morgan fingerprint density at radius 1 is 1.09 bits per heavy atom. The minimum Gasteiger partial charge on any atom is -0.508 e. The van der Waals surface area contributed by atoms with Gasteiger partial charge in [-0.15, -0.1) is 0 Å². The van der Waals surface area contributed by atoms with Crippen LogP contribution in [0.4, 0.5) is 11.4 Å². The lowest BCUT2D eigenvalue weighted by Gasteiger charge is -2.40. The number of piperazine rings is 1. The predicted molar refractivity (Wildman–Crippen MR) is 130 cm³/mol. The zero-order valence-corrected chi connectivity index (χ0v) is 19.2. The van der Waals surface area contributed by atoms with Crippen molar-refractivity contribution in [1.29, 1.82) is 0 Å². The van der Waals surface area contributed by atoms with Crippen molar-refractivity contribution in [2.24, 2.45) is 0 Å². The maximum absolute atomic E-state index is 13.5. The number of phenolic OH excluding ortho intramolecular Hbond substituents is 1. The number of amides is 1. The molecule has 172 valence electrons. The smallest absolute Gasteiger partial charge is 0.360 e. The van der Waals surface area contributed by atoms with Gasteiger partial charge in [0.15, 0.2) is 0 Å². The Morgan fingerprint density at radius 2 is 1.88 bits per heavy atom. The summed E-state index contributed by atoms with van der Waals surface area (Å²) in [6.07, 6.45) is 1.42. The number of phenols is 1. The number of hydrogen-bond acceptors (Lipinski definition) is 6. The number of hydrogen-bond donors (Lipinski definition) is 1. The van der Waals surface area contributed by atoms with Crippen LogP contribution in [0.5, 0.6) is 5.75 Å². The molecule has 1 N–H and O–H groups in total. The fourth-order valence-corrected chi connectivity index (χ4v) is 5.12. The zero-order valence-electron chi connectivity index (χ0n) is 18.5. The summed E-state index contributed by atoms with van der Waals surface area (Å²) in [6.45, 7) is 5.44. The third-order valence-corrected chi connectivity index (χ3v) is 6.94. The van der Waals surface area contributed by atoms with Crippen LogP contribution in [0.3, 0.4) is 0 Å². The molecule has 1 unspecified atom stereocenters. The lowest BCUT2D eigenvalue weighted by molar-refractivity contribution is -0.123. The molecule has 2 aromatic carbocycles. The molecule has 0 aliphatic carbocycles. The number of nitrogens with zero attached hydrogens (tertiary/aromatic N) is 3. The van der Waals surface area contributed by atoms with Crippen LogP contribution in [0.2, 0.25) is 5.02 Å². The molecule has 2 aliphatic heterocycles. The Morgan fingerprint density at radius 3 is 2.64 bits per heavy atom. The summed E-state index contributed by atoms with van der Waals surface area (Å²) < 4.78 is 5.50. The molecule has 8 heteroatoms. The number of anilines is 2. The molecule has 1 saturated heterocycles. The normalized spacial score (nSPS) is 17.8. The van der Waals surface area contributed by atoms with Gasteiger partial charge in [0.2, 0.25) is 5.91 Å². The maximum atomic E-state index is 13.5. The van der Waals surface area contributed by atoms with E-state index < -0.39 is 5.63 Å². The van der Waals surface area contributed by atoms with E-state index in [1.54, 1.807) is 17.0 Å². The third kappa shape index (κ3) is 4.07. The summed E-state index contributed by atoms with van der Waals surface area (Å²) in [5.41, 5.74) is 2.09. The van der Waals surface area contributed by atoms with Crippen molar-refractivity contribution in [3.05, 3.63) is 63.5 Å². The molecule has 5 rings (SSSR count). The molecule has 0 spiro atoms. The van der Waals surface area contributed by atoms with Crippen molar-refractivity contribution in [3.8, 4) is 5.75 Å². The fraction of sp³-hybridized carbons (Fsp3) is 0.360. The minimum absolute atomic E-state index is 0.0982. The highest BCUT2D eigenvalue weighted by Gasteiger charge is 2.34. The molecule has 1 aromatic heterocycles. The molecule has 33 heavy (non-hydrogen) atoms. The predicted octanol–water partition coefficient (Wildman–Crippen LogP) is 3.64. The van der Waals surface area contributed by atoms with Gasteiger partial charge in [-0.1, -0.05) is 17.7 Å². The molecule has 0 radical (unpaired) electrons. The molecular weight excluding hydrogens is 442 g/mol. The standard InChI is InChI=1S/C25H26ClN3O4/c1-16(27-10-12-28(13-11-27)18-5-2-4-17(26)14-18)24(31)29-9-3-6-20-21-15-19(30)7-8-22(21)33-25(32)23(20)29/h2,4-5,7-8,14-16,30H,3,6,9-13H2,1H3. The summed E-state index contributed by atoms with van der Waals surface area (Å²) >= 11 is 6.14. The zero-order chi connectivity index (χ0) is 23.1. The molecule has 3 heterocycles. The summed E-state index contributed by atoms with van der Waals surface area (Å²) in [6, 6.07) is 12.1. The molecule has 0 saturated carbocycles. The van der Waals surface area contributed by atoms with E-state index >= 15 is 0 Å². The van der Waals surface area contributed by atoms with Crippen molar-refractivity contribution in [1.82, 2.24) is 4.90 Å². The first-order valence-electron chi connectivity index (χ1n) is 11.3. The molecule has 0 bridgehead atoms. The molecule has 1 amide bonds. The highest BCUT2D eigenvalue weighted by molar-refractivity contribution is 6.30. The Bertz CT molecular complexity index is 1270. The number of aryl methyl sites for hydroxylation is 1. The first-order chi connectivity index (χ1) is 15.9. The van der Waals surface area contributed by atoms with Gasteiger partial charge in [0.05, 0.1) is 6.04 Å². The highest BCUT2D eigenvalue weighted by Crippen LogP contribution is 2.33. The van der Waals surface area contributed by atoms with Crippen LogP contribution in [0, 0.1) is 0 Å². The van der Waals surface area contributed by atoms with E-state index in [1.165, 1.54) is 6.07 Å². The first kappa shape index (κ1) is 21.8. The van der Waals surface area contributed by atoms with E-state index in [9.17, 15) is 14.7 Å². The van der Waals surface area contributed by atoms with E-state index in [4.69, 9.17) is 16.0 Å². The van der Waals surface area contributed by atoms with E-state index in [2.05, 4.69) is 9.80 Å². The Hall–Kier alpha value is -3.03. The van der Waals surface area contributed by atoms with Crippen LogP contribution < -0.4 is 15.4 Å². The largest absolute Gasteiger partial charge is 0.508 e. The fourth-order valence-electron chi connectivity index (χ4n) is 4.94. The van der Waals surface area contributed by atoms with Crippen LogP contribution in [0.25, 0.3) is 11.0 Å². The Labute approximate surface area is 196 Å². The van der Waals surface area contributed by atoms with Gasteiger partial charge < -0.3 is 19.3 Å². The second-order valence-corrected chi connectivity index (χ2v) is 9.11. The summed E-state index contributed by atoms with van der Waals surface area (Å²) in [4.78, 5) is 32.4. The van der Waals surface area contributed by atoms with E-state index in [1.807, 2.05) is 31.2 Å². The van der Waals surface area contributed by atoms with Crippen LogP contribution in [-0.4, -0.2) is 54.7 Å². The van der Waals surface area contributed by atoms with Gasteiger partial charge in [-0.2, -0.15) is 0 Å². The topological polar surface area (TPSA) is 77.2 Å². The molecular formula is C25H26ClN3O4. The second-order valence-electron chi connectivity index (χ2n) is 8.67. The number of carbonyl (C=O) groups excluding carboxylic acids is 1. The van der Waals surface area contributed by atoms with Crippen LogP contribution in [0.15, 0.2) is 51.7 Å². The molecule has 7 nitrogen and oxygen atoms in total. The number of rotatable bonds is 3. The average Bonchev–Trinajstić information content (AvgIpc) is 2.83. The van der Waals surface area contributed by atoms with Gasteiger partial charge in [-0.25, -0.2) is 4.79 Å². The Balaban J connectivity index is 1.36. The van der Waals surface area contributed by atoms with Crippen molar-refractivity contribution >= 4 is 39.9 Å². The lowest BCUT2D eigenvalue weighted by atomic mass is 9.98. The second kappa shape index (κ2) is 8.72. The van der Waals surface area contributed by atoms with Gasteiger partial charge in [-0.3, -0.25) is 9.69 Å². The van der Waals surface area contributed by atoms with Gasteiger partial charge in [-0.05, 0) is 61.7 Å². The van der Waals surface area contributed by atoms with Crippen LogP contribution in [0.1, 0.15) is 18.9 Å². The van der Waals surface area contributed by atoms with Gasteiger partial charge in [0.1, 0.15) is 17.0 Å². The number of halogens is 1. The van der Waals surface area contributed by atoms with Gasteiger partial charge in [0, 0.05) is 48.8 Å². The molecule has 1 atom stereocenters. The quantitative estimate of drug-likeness (QED) is 0.592. The molecule has 3 aromatic rings.